The third-order valence-electron chi connectivity index (χ3n) is 4.31. The standard InChI is InChI=1S/C23H19N3O2S/c1-16-21(29-23(26-16)17-8-7-13-24-14-17)15-25-22(27)19-11-5-6-12-20(19)28-18-9-3-2-4-10-18/h2-14H,15H2,1H3,(H,25,27). The van der Waals surface area contributed by atoms with Crippen molar-refractivity contribution in [3.63, 3.8) is 0 Å². The monoisotopic (exact) mass is 401 g/mol. The number of carbonyl (C=O) groups excluding carboxylic acids is 1. The molecule has 2 heterocycles. The van der Waals surface area contributed by atoms with Gasteiger partial charge in [-0.2, -0.15) is 0 Å². The van der Waals surface area contributed by atoms with E-state index in [2.05, 4.69) is 15.3 Å². The Morgan fingerprint density at radius 3 is 2.62 bits per heavy atom. The molecule has 0 saturated heterocycles. The van der Waals surface area contributed by atoms with Gasteiger partial charge in [-0.05, 0) is 43.3 Å². The first-order valence-electron chi connectivity index (χ1n) is 9.17. The molecule has 2 aromatic carbocycles. The summed E-state index contributed by atoms with van der Waals surface area (Å²) < 4.78 is 5.89. The summed E-state index contributed by atoms with van der Waals surface area (Å²) in [5.41, 5.74) is 2.37. The van der Waals surface area contributed by atoms with Gasteiger partial charge in [0.15, 0.2) is 0 Å². The lowest BCUT2D eigenvalue weighted by Crippen LogP contribution is -2.23. The van der Waals surface area contributed by atoms with Crippen molar-refractivity contribution in [1.82, 2.24) is 15.3 Å². The highest BCUT2D eigenvalue weighted by molar-refractivity contribution is 7.15. The fourth-order valence-electron chi connectivity index (χ4n) is 2.82. The molecule has 0 aliphatic heterocycles. The van der Waals surface area contributed by atoms with Crippen molar-refractivity contribution in [2.24, 2.45) is 0 Å². The van der Waals surface area contributed by atoms with Gasteiger partial charge >= 0.3 is 0 Å². The minimum absolute atomic E-state index is 0.188. The minimum Gasteiger partial charge on any atom is -0.457 e. The number of pyridine rings is 1. The van der Waals surface area contributed by atoms with Crippen LogP contribution in [0.2, 0.25) is 0 Å². The number of amides is 1. The van der Waals surface area contributed by atoms with E-state index >= 15 is 0 Å². The van der Waals surface area contributed by atoms with Crippen LogP contribution in [0.3, 0.4) is 0 Å². The van der Waals surface area contributed by atoms with Gasteiger partial charge in [0.2, 0.25) is 0 Å². The topological polar surface area (TPSA) is 64.1 Å². The van der Waals surface area contributed by atoms with E-state index in [1.165, 1.54) is 0 Å². The van der Waals surface area contributed by atoms with E-state index in [1.807, 2.05) is 61.5 Å². The van der Waals surface area contributed by atoms with Crippen molar-refractivity contribution in [2.45, 2.75) is 13.5 Å². The maximum Gasteiger partial charge on any atom is 0.255 e. The highest BCUT2D eigenvalue weighted by Crippen LogP contribution is 2.28. The molecule has 0 fully saturated rings. The first kappa shape index (κ1) is 18.8. The van der Waals surface area contributed by atoms with Crippen LogP contribution in [0.15, 0.2) is 79.1 Å². The number of hydrogen-bond donors (Lipinski definition) is 1. The smallest absolute Gasteiger partial charge is 0.255 e. The fraction of sp³-hybridized carbons (Fsp3) is 0.0870. The van der Waals surface area contributed by atoms with Crippen LogP contribution in [-0.4, -0.2) is 15.9 Å². The third-order valence-corrected chi connectivity index (χ3v) is 5.52. The summed E-state index contributed by atoms with van der Waals surface area (Å²) in [6.45, 7) is 2.35. The Labute approximate surface area is 173 Å². The molecule has 4 aromatic rings. The summed E-state index contributed by atoms with van der Waals surface area (Å²) >= 11 is 1.56. The number of nitrogens with one attached hydrogen (secondary N) is 1. The maximum atomic E-state index is 12.8. The van der Waals surface area contributed by atoms with Crippen molar-refractivity contribution >= 4 is 17.2 Å². The lowest BCUT2D eigenvalue weighted by atomic mass is 10.2. The number of aromatic nitrogens is 2. The van der Waals surface area contributed by atoms with E-state index in [0.717, 1.165) is 21.1 Å². The Kier molecular flexibility index (Phi) is 5.63. The summed E-state index contributed by atoms with van der Waals surface area (Å²) in [5, 5.41) is 3.88. The normalized spacial score (nSPS) is 10.5. The minimum atomic E-state index is -0.188. The van der Waals surface area contributed by atoms with Gasteiger partial charge in [-0.3, -0.25) is 9.78 Å². The third kappa shape index (κ3) is 4.50. The molecule has 0 radical (unpaired) electrons. The molecule has 0 spiro atoms. The second kappa shape index (κ2) is 8.67. The number of carbonyl (C=O) groups is 1. The Hall–Kier alpha value is -3.51. The molecule has 0 aliphatic rings. The van der Waals surface area contributed by atoms with Crippen LogP contribution in [0.4, 0.5) is 0 Å². The predicted octanol–water partition coefficient (Wildman–Crippen LogP) is 5.24. The van der Waals surface area contributed by atoms with Crippen LogP contribution in [-0.2, 0) is 6.54 Å². The zero-order valence-corrected chi connectivity index (χ0v) is 16.6. The number of ether oxygens (including phenoxy) is 1. The van der Waals surface area contributed by atoms with Crippen molar-refractivity contribution < 1.29 is 9.53 Å². The van der Waals surface area contributed by atoms with E-state index in [0.29, 0.717) is 23.6 Å². The molecule has 0 bridgehead atoms. The van der Waals surface area contributed by atoms with Gasteiger partial charge in [0.1, 0.15) is 16.5 Å². The second-order valence-electron chi connectivity index (χ2n) is 6.36. The molecule has 5 nitrogen and oxygen atoms in total. The SMILES string of the molecule is Cc1nc(-c2cccnc2)sc1CNC(=O)c1ccccc1Oc1ccccc1. The van der Waals surface area contributed by atoms with Crippen molar-refractivity contribution in [3.05, 3.63) is 95.3 Å². The summed E-state index contributed by atoms with van der Waals surface area (Å²) in [6, 6.07) is 20.5. The molecule has 0 atom stereocenters. The van der Waals surface area contributed by atoms with Crippen LogP contribution >= 0.6 is 11.3 Å². The molecule has 0 aliphatic carbocycles. The lowest BCUT2D eigenvalue weighted by molar-refractivity contribution is 0.0949. The summed E-state index contributed by atoms with van der Waals surface area (Å²) in [4.78, 5) is 22.6. The summed E-state index contributed by atoms with van der Waals surface area (Å²) in [6.07, 6.45) is 3.53. The molecular weight excluding hydrogens is 382 g/mol. The van der Waals surface area contributed by atoms with Crippen molar-refractivity contribution in [3.8, 4) is 22.1 Å². The molecule has 6 heteroatoms. The van der Waals surface area contributed by atoms with Crippen molar-refractivity contribution in [1.29, 1.82) is 0 Å². The number of para-hydroxylation sites is 2. The van der Waals surface area contributed by atoms with Crippen LogP contribution in [0, 0.1) is 6.92 Å². The van der Waals surface area contributed by atoms with Gasteiger partial charge in [-0.25, -0.2) is 4.98 Å². The van der Waals surface area contributed by atoms with Gasteiger partial charge in [-0.15, -0.1) is 11.3 Å². The molecule has 4 rings (SSSR count). The van der Waals surface area contributed by atoms with Gasteiger partial charge in [-0.1, -0.05) is 30.3 Å². The van der Waals surface area contributed by atoms with E-state index < -0.39 is 0 Å². The van der Waals surface area contributed by atoms with E-state index in [4.69, 9.17) is 4.74 Å². The zero-order chi connectivity index (χ0) is 20.1. The molecule has 0 saturated carbocycles. The van der Waals surface area contributed by atoms with Crippen LogP contribution < -0.4 is 10.1 Å². The Morgan fingerprint density at radius 2 is 1.83 bits per heavy atom. The molecule has 0 unspecified atom stereocenters. The number of benzene rings is 2. The molecule has 1 amide bonds. The molecule has 144 valence electrons. The van der Waals surface area contributed by atoms with Gasteiger partial charge < -0.3 is 10.1 Å². The number of nitrogens with zero attached hydrogens (tertiary/aromatic N) is 2. The van der Waals surface area contributed by atoms with Gasteiger partial charge in [0.25, 0.3) is 5.91 Å². The van der Waals surface area contributed by atoms with Gasteiger partial charge in [0, 0.05) is 22.8 Å². The summed E-state index contributed by atoms with van der Waals surface area (Å²) in [5.74, 6) is 1.02. The van der Waals surface area contributed by atoms with Crippen LogP contribution in [0.5, 0.6) is 11.5 Å². The highest BCUT2D eigenvalue weighted by atomic mass is 32.1. The summed E-state index contributed by atoms with van der Waals surface area (Å²) in [7, 11) is 0. The quantitative estimate of drug-likeness (QED) is 0.480. The molecular formula is C23H19N3O2S. The largest absolute Gasteiger partial charge is 0.457 e. The van der Waals surface area contributed by atoms with Crippen molar-refractivity contribution in [2.75, 3.05) is 0 Å². The number of thiazole rings is 1. The predicted molar refractivity (Wildman–Crippen MR) is 114 cm³/mol. The van der Waals surface area contributed by atoms with Gasteiger partial charge in [0.05, 0.1) is 17.8 Å². The Morgan fingerprint density at radius 1 is 1.03 bits per heavy atom. The molecule has 29 heavy (non-hydrogen) atoms. The number of rotatable bonds is 6. The average Bonchev–Trinajstić information content (AvgIpc) is 3.14. The Balaban J connectivity index is 1.48. The zero-order valence-electron chi connectivity index (χ0n) is 15.8. The number of hydrogen-bond acceptors (Lipinski definition) is 5. The molecule has 1 N–H and O–H groups in total. The van der Waals surface area contributed by atoms with Crippen LogP contribution in [0.25, 0.3) is 10.6 Å². The van der Waals surface area contributed by atoms with E-state index in [1.54, 1.807) is 35.9 Å². The maximum absolute atomic E-state index is 12.8. The van der Waals surface area contributed by atoms with E-state index in [9.17, 15) is 4.79 Å². The molecule has 2 aromatic heterocycles. The first-order chi connectivity index (χ1) is 14.2. The number of aryl methyl sites for hydroxylation is 1. The average molecular weight is 401 g/mol. The van der Waals surface area contributed by atoms with E-state index in [-0.39, 0.29) is 5.91 Å². The highest BCUT2D eigenvalue weighted by Gasteiger charge is 2.15. The first-order valence-corrected chi connectivity index (χ1v) is 9.99. The Bertz CT molecular complexity index is 1110. The van der Waals surface area contributed by atoms with Crippen LogP contribution in [0.1, 0.15) is 20.9 Å². The second-order valence-corrected chi connectivity index (χ2v) is 7.45. The fourth-order valence-corrected chi connectivity index (χ4v) is 3.81. The lowest BCUT2D eigenvalue weighted by Gasteiger charge is -2.11.